The number of carbonyl (C=O) groups is 2. The number of esters is 1. The van der Waals surface area contributed by atoms with Crippen molar-refractivity contribution in [2.45, 2.75) is 45.2 Å². The molecule has 1 aliphatic carbocycles. The van der Waals surface area contributed by atoms with Crippen LogP contribution in [-0.4, -0.2) is 33.8 Å². The quantitative estimate of drug-likeness (QED) is 0.327. The summed E-state index contributed by atoms with van der Waals surface area (Å²) in [6, 6.07) is 0. The van der Waals surface area contributed by atoms with Gasteiger partial charge >= 0.3 is 5.97 Å². The fraction of sp³-hybridized carbons (Fsp3) is 0.429. The van der Waals surface area contributed by atoms with E-state index in [1.54, 1.807) is 25.3 Å². The lowest BCUT2D eigenvalue weighted by molar-refractivity contribution is -0.113. The lowest BCUT2D eigenvalue weighted by Gasteiger charge is -2.09. The third kappa shape index (κ3) is 4.04. The van der Waals surface area contributed by atoms with Crippen molar-refractivity contribution in [1.29, 1.82) is 0 Å². The number of hydrogen-bond acceptors (Lipinski definition) is 8. The Kier molecular flexibility index (Phi) is 6.23. The molecule has 0 atom stereocenters. The minimum absolute atomic E-state index is 0.0542. The van der Waals surface area contributed by atoms with Crippen LogP contribution in [0.5, 0.6) is 0 Å². The Hall–Kier alpha value is -2.17. The lowest BCUT2D eigenvalue weighted by atomic mass is 10.1. The molecule has 0 fully saturated rings. The number of rotatable bonds is 6. The average molecular weight is 478 g/mol. The van der Waals surface area contributed by atoms with Crippen molar-refractivity contribution in [2.75, 3.05) is 17.7 Å². The fourth-order valence-corrected chi connectivity index (χ4v) is 6.83. The van der Waals surface area contributed by atoms with Gasteiger partial charge in [0.2, 0.25) is 5.91 Å². The van der Waals surface area contributed by atoms with E-state index in [1.807, 2.05) is 13.8 Å². The first-order valence-corrected chi connectivity index (χ1v) is 12.6. The Morgan fingerprint density at radius 3 is 2.77 bits per heavy atom. The third-order valence-electron chi connectivity index (χ3n) is 5.36. The van der Waals surface area contributed by atoms with Crippen LogP contribution in [0.15, 0.2) is 9.95 Å². The van der Waals surface area contributed by atoms with Crippen molar-refractivity contribution in [3.8, 4) is 0 Å². The number of carbonyl (C=O) groups excluding carboxylic acids is 2. The Bertz CT molecular complexity index is 1260. The van der Waals surface area contributed by atoms with Crippen LogP contribution >= 0.6 is 34.4 Å². The molecule has 0 saturated carbocycles. The van der Waals surface area contributed by atoms with Crippen LogP contribution in [-0.2, 0) is 29.4 Å². The Balaban J connectivity index is 1.52. The molecule has 0 aromatic carbocycles. The van der Waals surface area contributed by atoms with Gasteiger partial charge in [-0.15, -0.1) is 22.7 Å². The zero-order valence-electron chi connectivity index (χ0n) is 17.8. The van der Waals surface area contributed by atoms with Crippen LogP contribution in [0.25, 0.3) is 10.2 Å². The first-order valence-electron chi connectivity index (χ1n) is 10.0. The molecule has 0 unspecified atom stereocenters. The van der Waals surface area contributed by atoms with Crippen molar-refractivity contribution in [2.24, 2.45) is 7.05 Å². The first kappa shape index (κ1) is 22.0. The number of nitrogens with one attached hydrogen (secondary N) is 1. The van der Waals surface area contributed by atoms with Gasteiger partial charge in [0.25, 0.3) is 5.56 Å². The molecule has 0 spiro atoms. The molecule has 3 aromatic heterocycles. The van der Waals surface area contributed by atoms with Gasteiger partial charge in [-0.05, 0) is 51.2 Å². The third-order valence-corrected chi connectivity index (χ3v) is 8.69. The van der Waals surface area contributed by atoms with Gasteiger partial charge in [0.15, 0.2) is 5.16 Å². The molecular formula is C21H23N3O4S3. The summed E-state index contributed by atoms with van der Waals surface area (Å²) < 4.78 is 6.66. The number of aryl methyl sites for hydroxylation is 3. The van der Waals surface area contributed by atoms with Gasteiger partial charge in [0, 0.05) is 16.8 Å². The molecule has 31 heavy (non-hydrogen) atoms. The highest BCUT2D eigenvalue weighted by atomic mass is 32.2. The van der Waals surface area contributed by atoms with E-state index in [1.165, 1.54) is 32.5 Å². The summed E-state index contributed by atoms with van der Waals surface area (Å²) in [4.78, 5) is 45.4. The molecule has 0 saturated heterocycles. The van der Waals surface area contributed by atoms with Crippen LogP contribution in [0.2, 0.25) is 0 Å². The van der Waals surface area contributed by atoms with E-state index in [0.717, 1.165) is 45.5 Å². The monoisotopic (exact) mass is 477 g/mol. The predicted octanol–water partition coefficient (Wildman–Crippen LogP) is 4.07. The zero-order valence-corrected chi connectivity index (χ0v) is 20.2. The fourth-order valence-electron chi connectivity index (χ4n) is 3.69. The number of amides is 1. The van der Waals surface area contributed by atoms with E-state index in [9.17, 15) is 14.4 Å². The van der Waals surface area contributed by atoms with Gasteiger partial charge in [-0.2, -0.15) is 0 Å². The summed E-state index contributed by atoms with van der Waals surface area (Å²) in [5.41, 5.74) is 2.31. The summed E-state index contributed by atoms with van der Waals surface area (Å²) in [6.07, 6.45) is 3.03. The first-order chi connectivity index (χ1) is 14.8. The van der Waals surface area contributed by atoms with E-state index in [-0.39, 0.29) is 23.8 Å². The van der Waals surface area contributed by atoms with E-state index in [2.05, 4.69) is 10.3 Å². The van der Waals surface area contributed by atoms with Gasteiger partial charge in [0.1, 0.15) is 9.83 Å². The number of aromatic nitrogens is 2. The lowest BCUT2D eigenvalue weighted by Crippen LogP contribution is -2.21. The second kappa shape index (κ2) is 8.76. The molecular weight excluding hydrogens is 454 g/mol. The highest BCUT2D eigenvalue weighted by molar-refractivity contribution is 7.99. The van der Waals surface area contributed by atoms with Crippen molar-refractivity contribution in [3.63, 3.8) is 0 Å². The van der Waals surface area contributed by atoms with E-state index < -0.39 is 5.97 Å². The topological polar surface area (TPSA) is 90.3 Å². The Morgan fingerprint density at radius 1 is 1.26 bits per heavy atom. The number of thioether (sulfide) groups is 1. The van der Waals surface area contributed by atoms with Crippen LogP contribution in [0.3, 0.4) is 0 Å². The number of fused-ring (bicyclic) bond motifs is 3. The van der Waals surface area contributed by atoms with E-state index in [0.29, 0.717) is 15.7 Å². The second-order valence-corrected chi connectivity index (χ2v) is 10.6. The second-order valence-electron chi connectivity index (χ2n) is 7.34. The largest absolute Gasteiger partial charge is 0.462 e. The molecule has 3 aromatic rings. The minimum atomic E-state index is -0.437. The van der Waals surface area contributed by atoms with Crippen molar-refractivity contribution in [1.82, 2.24) is 9.55 Å². The predicted molar refractivity (Wildman–Crippen MR) is 126 cm³/mol. The molecule has 1 N–H and O–H groups in total. The van der Waals surface area contributed by atoms with E-state index >= 15 is 0 Å². The molecule has 0 radical (unpaired) electrons. The van der Waals surface area contributed by atoms with Crippen molar-refractivity contribution >= 4 is 61.5 Å². The summed E-state index contributed by atoms with van der Waals surface area (Å²) in [5, 5.41) is 4.57. The van der Waals surface area contributed by atoms with Gasteiger partial charge < -0.3 is 10.1 Å². The summed E-state index contributed by atoms with van der Waals surface area (Å²) in [7, 11) is 1.69. The number of ether oxygens (including phenoxy) is 1. The normalized spacial score (nSPS) is 12.9. The molecule has 1 amide bonds. The van der Waals surface area contributed by atoms with Crippen molar-refractivity contribution in [3.05, 3.63) is 36.8 Å². The van der Waals surface area contributed by atoms with Gasteiger partial charge in [-0.25, -0.2) is 9.78 Å². The SMILES string of the molecule is CCOC(=O)c1c(NC(=O)CSc2nc3sc4c(c3c(=O)n2C)CCC4)sc(C)c1C. The number of hydrogen-bond donors (Lipinski definition) is 1. The number of nitrogens with zero attached hydrogens (tertiary/aromatic N) is 2. The molecule has 10 heteroatoms. The highest BCUT2D eigenvalue weighted by Crippen LogP contribution is 2.36. The summed E-state index contributed by atoms with van der Waals surface area (Å²) >= 11 is 4.16. The maximum absolute atomic E-state index is 12.9. The van der Waals surface area contributed by atoms with Crippen LogP contribution < -0.4 is 10.9 Å². The smallest absolute Gasteiger partial charge is 0.341 e. The standard InChI is InChI=1S/C21H23N3O4S3/c1-5-28-20(27)15-10(2)11(3)30-17(15)22-14(25)9-29-21-23-18-16(19(26)24(21)4)12-7-6-8-13(12)31-18/h5-9H2,1-4H3,(H,22,25). The van der Waals surface area contributed by atoms with E-state index in [4.69, 9.17) is 4.74 Å². The van der Waals surface area contributed by atoms with Crippen LogP contribution in [0.4, 0.5) is 5.00 Å². The molecule has 1 aliphatic rings. The van der Waals surface area contributed by atoms with Gasteiger partial charge in [-0.1, -0.05) is 11.8 Å². The van der Waals surface area contributed by atoms with Gasteiger partial charge in [0.05, 0.1) is 23.3 Å². The Labute approximate surface area is 191 Å². The van der Waals surface area contributed by atoms with Crippen molar-refractivity contribution < 1.29 is 14.3 Å². The highest BCUT2D eigenvalue weighted by Gasteiger charge is 2.24. The maximum Gasteiger partial charge on any atom is 0.341 e. The zero-order chi connectivity index (χ0) is 22.3. The number of anilines is 1. The average Bonchev–Trinajstić information content (AvgIpc) is 3.37. The van der Waals surface area contributed by atoms with Gasteiger partial charge in [-0.3, -0.25) is 14.2 Å². The molecule has 0 aliphatic heterocycles. The maximum atomic E-state index is 12.9. The molecule has 3 heterocycles. The number of thiophene rings is 2. The minimum Gasteiger partial charge on any atom is -0.462 e. The molecule has 7 nitrogen and oxygen atoms in total. The molecule has 164 valence electrons. The molecule has 4 rings (SSSR count). The van der Waals surface area contributed by atoms with Crippen LogP contribution in [0.1, 0.15) is 44.6 Å². The summed E-state index contributed by atoms with van der Waals surface area (Å²) in [6.45, 7) is 5.76. The molecule has 0 bridgehead atoms. The summed E-state index contributed by atoms with van der Waals surface area (Å²) in [5.74, 6) is -0.623. The van der Waals surface area contributed by atoms with Crippen LogP contribution in [0, 0.1) is 13.8 Å². The Morgan fingerprint density at radius 2 is 2.03 bits per heavy atom.